The number of benzene rings is 1. The largest absolute Gasteiger partial charge is 0.423 e. The summed E-state index contributed by atoms with van der Waals surface area (Å²) in [6, 6.07) is 6.06. The maximum atomic E-state index is 6.08. The van der Waals surface area contributed by atoms with E-state index in [-0.39, 0.29) is 5.41 Å². The third-order valence-corrected chi connectivity index (χ3v) is 3.55. The van der Waals surface area contributed by atoms with Gasteiger partial charge in [-0.05, 0) is 18.1 Å². The minimum Gasteiger partial charge on any atom is -0.423 e. The lowest BCUT2D eigenvalue weighted by molar-refractivity contribution is 0.370. The molecular weight excluding hydrogens is 252 g/mol. The van der Waals surface area contributed by atoms with E-state index >= 15 is 0 Å². The van der Waals surface area contributed by atoms with Gasteiger partial charge in [-0.1, -0.05) is 32.9 Å². The van der Waals surface area contributed by atoms with Crippen LogP contribution in [-0.4, -0.2) is 16.7 Å². The van der Waals surface area contributed by atoms with E-state index in [1.54, 1.807) is 0 Å². The molecule has 0 aliphatic carbocycles. The van der Waals surface area contributed by atoms with Crippen molar-refractivity contribution in [2.24, 2.45) is 0 Å². The number of fused-ring (bicyclic) bond motifs is 1. The summed E-state index contributed by atoms with van der Waals surface area (Å²) in [6.07, 6.45) is 1.01. The SMILES string of the molecule is CC(C)(C)c1nnc(CN2CCc3cccc(N)c32)o1. The van der Waals surface area contributed by atoms with Crippen LogP contribution in [0.5, 0.6) is 0 Å². The van der Waals surface area contributed by atoms with Crippen molar-refractivity contribution in [3.63, 3.8) is 0 Å². The van der Waals surface area contributed by atoms with E-state index in [4.69, 9.17) is 10.2 Å². The lowest BCUT2D eigenvalue weighted by Gasteiger charge is -2.18. The summed E-state index contributed by atoms with van der Waals surface area (Å²) in [6.45, 7) is 7.75. The van der Waals surface area contributed by atoms with Gasteiger partial charge in [0, 0.05) is 12.0 Å². The van der Waals surface area contributed by atoms with Crippen LogP contribution in [0.25, 0.3) is 0 Å². The van der Waals surface area contributed by atoms with Crippen molar-refractivity contribution in [3.8, 4) is 0 Å². The fourth-order valence-corrected chi connectivity index (χ4v) is 2.51. The van der Waals surface area contributed by atoms with Gasteiger partial charge in [-0.25, -0.2) is 0 Å². The Balaban J connectivity index is 1.83. The lowest BCUT2D eigenvalue weighted by atomic mass is 9.97. The van der Waals surface area contributed by atoms with Crippen molar-refractivity contribution in [3.05, 3.63) is 35.5 Å². The second-order valence-electron chi connectivity index (χ2n) is 6.28. The average molecular weight is 272 g/mol. The van der Waals surface area contributed by atoms with Crippen LogP contribution in [0, 0.1) is 0 Å². The minimum atomic E-state index is -0.118. The van der Waals surface area contributed by atoms with E-state index in [1.807, 2.05) is 12.1 Å². The second-order valence-corrected chi connectivity index (χ2v) is 6.28. The van der Waals surface area contributed by atoms with Crippen molar-refractivity contribution < 1.29 is 4.42 Å². The molecule has 1 aliphatic heterocycles. The van der Waals surface area contributed by atoms with Gasteiger partial charge >= 0.3 is 0 Å². The molecule has 0 saturated carbocycles. The Morgan fingerprint density at radius 2 is 2.10 bits per heavy atom. The molecule has 3 rings (SSSR count). The fraction of sp³-hybridized carbons (Fsp3) is 0.467. The van der Waals surface area contributed by atoms with Crippen LogP contribution in [0.4, 0.5) is 11.4 Å². The van der Waals surface area contributed by atoms with Crippen LogP contribution in [0.15, 0.2) is 22.6 Å². The number of anilines is 2. The van der Waals surface area contributed by atoms with Crippen molar-refractivity contribution in [2.45, 2.75) is 39.2 Å². The highest BCUT2D eigenvalue weighted by Crippen LogP contribution is 2.34. The Bertz CT molecular complexity index is 627. The maximum Gasteiger partial charge on any atom is 0.235 e. The van der Waals surface area contributed by atoms with Crippen LogP contribution in [-0.2, 0) is 18.4 Å². The van der Waals surface area contributed by atoms with Gasteiger partial charge in [-0.15, -0.1) is 10.2 Å². The first kappa shape index (κ1) is 13.0. The lowest BCUT2D eigenvalue weighted by Crippen LogP contribution is -2.20. The number of para-hydroxylation sites is 1. The number of nitrogens with zero attached hydrogens (tertiary/aromatic N) is 3. The summed E-state index contributed by atoms with van der Waals surface area (Å²) < 4.78 is 5.76. The van der Waals surface area contributed by atoms with Crippen molar-refractivity contribution in [2.75, 3.05) is 17.2 Å². The molecule has 106 valence electrons. The molecule has 1 aromatic carbocycles. The van der Waals surface area contributed by atoms with Gasteiger partial charge in [0.2, 0.25) is 11.8 Å². The van der Waals surface area contributed by atoms with Gasteiger partial charge in [0.15, 0.2) is 0 Å². The van der Waals surface area contributed by atoms with Gasteiger partial charge in [-0.3, -0.25) is 0 Å². The topological polar surface area (TPSA) is 68.2 Å². The first-order chi connectivity index (χ1) is 9.45. The Morgan fingerprint density at radius 1 is 1.30 bits per heavy atom. The van der Waals surface area contributed by atoms with E-state index in [9.17, 15) is 0 Å². The standard InChI is InChI=1S/C15H20N4O/c1-15(2,3)14-18-17-12(20-14)9-19-8-7-10-5-4-6-11(16)13(10)19/h4-6H,7-9,16H2,1-3H3. The zero-order valence-electron chi connectivity index (χ0n) is 12.2. The molecule has 5 nitrogen and oxygen atoms in total. The molecule has 1 aliphatic rings. The summed E-state index contributed by atoms with van der Waals surface area (Å²) >= 11 is 0. The van der Waals surface area contributed by atoms with Crippen molar-refractivity contribution in [1.29, 1.82) is 0 Å². The number of aromatic nitrogens is 2. The van der Waals surface area contributed by atoms with Gasteiger partial charge in [0.1, 0.15) is 0 Å². The summed E-state index contributed by atoms with van der Waals surface area (Å²) in [5, 5.41) is 8.28. The predicted octanol–water partition coefficient (Wildman–Crippen LogP) is 2.51. The van der Waals surface area contributed by atoms with E-state index < -0.39 is 0 Å². The van der Waals surface area contributed by atoms with E-state index in [0.29, 0.717) is 18.3 Å². The number of rotatable bonds is 2. The van der Waals surface area contributed by atoms with E-state index in [0.717, 1.165) is 24.3 Å². The molecular formula is C15H20N4O. The highest BCUT2D eigenvalue weighted by atomic mass is 16.4. The van der Waals surface area contributed by atoms with Gasteiger partial charge in [0.25, 0.3) is 0 Å². The smallest absolute Gasteiger partial charge is 0.235 e. The van der Waals surface area contributed by atoms with Crippen LogP contribution >= 0.6 is 0 Å². The number of nitrogens with two attached hydrogens (primary N) is 1. The molecule has 20 heavy (non-hydrogen) atoms. The van der Waals surface area contributed by atoms with Gasteiger partial charge in [-0.2, -0.15) is 0 Å². The average Bonchev–Trinajstić information content (AvgIpc) is 2.97. The first-order valence-corrected chi connectivity index (χ1v) is 6.90. The van der Waals surface area contributed by atoms with Crippen LogP contribution in [0.3, 0.4) is 0 Å². The second kappa shape index (κ2) is 4.51. The summed E-state index contributed by atoms with van der Waals surface area (Å²) in [7, 11) is 0. The van der Waals surface area contributed by atoms with Crippen molar-refractivity contribution >= 4 is 11.4 Å². The fourth-order valence-electron chi connectivity index (χ4n) is 2.51. The molecule has 2 N–H and O–H groups in total. The summed E-state index contributed by atoms with van der Waals surface area (Å²) in [5.41, 5.74) is 9.19. The normalized spacial score (nSPS) is 14.7. The van der Waals surface area contributed by atoms with E-state index in [1.165, 1.54) is 5.56 Å². The van der Waals surface area contributed by atoms with Crippen LogP contribution in [0.1, 0.15) is 38.1 Å². The molecule has 0 spiro atoms. The zero-order chi connectivity index (χ0) is 14.3. The Kier molecular flexibility index (Phi) is 2.92. The zero-order valence-corrected chi connectivity index (χ0v) is 12.2. The molecule has 0 fully saturated rings. The van der Waals surface area contributed by atoms with Crippen LogP contribution < -0.4 is 10.6 Å². The molecule has 0 saturated heterocycles. The number of nitrogen functional groups attached to an aromatic ring is 1. The Hall–Kier alpha value is -2.04. The van der Waals surface area contributed by atoms with E-state index in [2.05, 4.69) is 41.9 Å². The predicted molar refractivity (Wildman–Crippen MR) is 78.6 cm³/mol. The van der Waals surface area contributed by atoms with Gasteiger partial charge < -0.3 is 15.1 Å². The highest BCUT2D eigenvalue weighted by molar-refractivity contribution is 5.73. The number of hydrogen-bond donors (Lipinski definition) is 1. The highest BCUT2D eigenvalue weighted by Gasteiger charge is 2.25. The monoisotopic (exact) mass is 272 g/mol. The molecule has 0 unspecified atom stereocenters. The maximum absolute atomic E-state index is 6.08. The first-order valence-electron chi connectivity index (χ1n) is 6.90. The molecule has 2 aromatic rings. The Labute approximate surface area is 118 Å². The molecule has 0 atom stereocenters. The van der Waals surface area contributed by atoms with Gasteiger partial charge in [0.05, 0.1) is 17.9 Å². The number of hydrogen-bond acceptors (Lipinski definition) is 5. The quantitative estimate of drug-likeness (QED) is 0.851. The Morgan fingerprint density at radius 3 is 2.80 bits per heavy atom. The molecule has 5 heteroatoms. The van der Waals surface area contributed by atoms with Crippen LogP contribution in [0.2, 0.25) is 0 Å². The third-order valence-electron chi connectivity index (χ3n) is 3.55. The summed E-state index contributed by atoms with van der Waals surface area (Å²) in [5.74, 6) is 1.32. The molecule has 1 aromatic heterocycles. The molecule has 0 amide bonds. The third kappa shape index (κ3) is 2.24. The van der Waals surface area contributed by atoms with Crippen molar-refractivity contribution in [1.82, 2.24) is 10.2 Å². The molecule has 0 radical (unpaired) electrons. The summed E-state index contributed by atoms with van der Waals surface area (Å²) in [4.78, 5) is 2.21. The minimum absolute atomic E-state index is 0.118. The molecule has 0 bridgehead atoms. The molecule has 2 heterocycles.